The van der Waals surface area contributed by atoms with Gasteiger partial charge in [-0.25, -0.2) is 4.52 Å². The van der Waals surface area contributed by atoms with E-state index in [1.807, 2.05) is 28.8 Å². The number of fused-ring (bicyclic) bond motifs is 3. The van der Waals surface area contributed by atoms with Crippen molar-refractivity contribution in [1.29, 1.82) is 0 Å². The molecule has 1 atom stereocenters. The lowest BCUT2D eigenvalue weighted by Gasteiger charge is -2.19. The number of aromatic nitrogens is 4. The van der Waals surface area contributed by atoms with Crippen molar-refractivity contribution in [2.75, 3.05) is 7.11 Å². The van der Waals surface area contributed by atoms with Crippen molar-refractivity contribution in [3.8, 4) is 16.9 Å². The van der Waals surface area contributed by atoms with E-state index in [-0.39, 0.29) is 11.7 Å². The average Bonchev–Trinajstić information content (AvgIpc) is 3.00. The van der Waals surface area contributed by atoms with Crippen molar-refractivity contribution in [2.24, 2.45) is 5.92 Å². The van der Waals surface area contributed by atoms with Crippen molar-refractivity contribution in [2.45, 2.75) is 33.1 Å². The first-order chi connectivity index (χ1) is 12.1. The van der Waals surface area contributed by atoms with E-state index in [1.165, 1.54) is 0 Å². The number of Topliss-reactive ketones (excluding diaryl/α,β-unsaturated/α-hetero) is 1. The maximum absolute atomic E-state index is 12.3. The highest BCUT2D eigenvalue weighted by Crippen LogP contribution is 2.36. The zero-order chi connectivity index (χ0) is 17.6. The number of methoxy groups -OCH3 is 1. The van der Waals surface area contributed by atoms with Gasteiger partial charge in [0.2, 0.25) is 0 Å². The highest BCUT2D eigenvalue weighted by Gasteiger charge is 2.29. The summed E-state index contributed by atoms with van der Waals surface area (Å²) in [6.07, 6.45) is 2.06. The molecular weight excluding hydrogens is 316 g/mol. The molecule has 0 aliphatic heterocycles. The fourth-order valence-corrected chi connectivity index (χ4v) is 3.58. The number of para-hydroxylation sites is 1. The molecule has 0 spiro atoms. The average molecular weight is 336 g/mol. The second-order valence-electron chi connectivity index (χ2n) is 6.54. The van der Waals surface area contributed by atoms with Gasteiger partial charge in [-0.15, -0.1) is 10.2 Å². The number of carbonyl (C=O) groups excluding carboxylic acids is 1. The Balaban J connectivity index is 2.03. The minimum atomic E-state index is 0.0514. The van der Waals surface area contributed by atoms with Crippen molar-refractivity contribution in [3.05, 3.63) is 41.3 Å². The van der Waals surface area contributed by atoms with Gasteiger partial charge in [-0.1, -0.05) is 32.0 Å². The molecule has 0 saturated carbocycles. The lowest BCUT2D eigenvalue weighted by molar-refractivity contribution is 0.0944. The highest BCUT2D eigenvalue weighted by atomic mass is 16.5. The van der Waals surface area contributed by atoms with E-state index >= 15 is 0 Å². The van der Waals surface area contributed by atoms with Crippen LogP contribution in [0.3, 0.4) is 0 Å². The molecule has 6 heteroatoms. The molecule has 2 heterocycles. The van der Waals surface area contributed by atoms with E-state index in [0.717, 1.165) is 41.1 Å². The van der Waals surface area contributed by atoms with E-state index in [2.05, 4.69) is 24.0 Å². The van der Waals surface area contributed by atoms with E-state index in [1.54, 1.807) is 7.11 Å². The van der Waals surface area contributed by atoms with Crippen LogP contribution in [0, 0.1) is 5.92 Å². The number of nitrogens with zero attached hydrogens (tertiary/aromatic N) is 4. The molecule has 1 aliphatic carbocycles. The molecule has 0 radical (unpaired) electrons. The molecule has 6 nitrogen and oxygen atoms in total. The number of benzene rings is 1. The largest absolute Gasteiger partial charge is 0.496 e. The third-order valence-corrected chi connectivity index (χ3v) is 4.76. The first-order valence-electron chi connectivity index (χ1n) is 8.57. The number of rotatable bonds is 3. The topological polar surface area (TPSA) is 69.4 Å². The standard InChI is InChI=1S/C19H20N4O2/c1-4-13-17(12-7-5-6-8-16(12)25-3)19-21-20-18-14(23(19)22-13)9-11(2)10-15(18)24/h5-8,11H,4,9-10H2,1-3H3/t11-/m0/s1. The first-order valence-corrected chi connectivity index (χ1v) is 8.57. The summed E-state index contributed by atoms with van der Waals surface area (Å²) in [5.41, 5.74) is 4.81. The first kappa shape index (κ1) is 15.7. The molecule has 1 aromatic carbocycles. The fourth-order valence-electron chi connectivity index (χ4n) is 3.58. The third-order valence-electron chi connectivity index (χ3n) is 4.76. The summed E-state index contributed by atoms with van der Waals surface area (Å²) in [5.74, 6) is 1.11. The van der Waals surface area contributed by atoms with Crippen molar-refractivity contribution in [1.82, 2.24) is 19.8 Å². The van der Waals surface area contributed by atoms with Crippen LogP contribution in [0.2, 0.25) is 0 Å². The minimum absolute atomic E-state index is 0.0514. The maximum Gasteiger partial charge on any atom is 0.185 e. The van der Waals surface area contributed by atoms with Gasteiger partial charge in [-0.3, -0.25) is 4.79 Å². The summed E-state index contributed by atoms with van der Waals surface area (Å²) in [6.45, 7) is 4.15. The lowest BCUT2D eigenvalue weighted by atomic mass is 9.90. The molecular formula is C19H20N4O2. The van der Waals surface area contributed by atoms with Crippen LogP contribution in [0.1, 0.15) is 42.1 Å². The third kappa shape index (κ3) is 2.40. The maximum atomic E-state index is 12.3. The van der Waals surface area contributed by atoms with Gasteiger partial charge >= 0.3 is 0 Å². The summed E-state index contributed by atoms with van der Waals surface area (Å²) >= 11 is 0. The van der Waals surface area contributed by atoms with Crippen molar-refractivity contribution in [3.63, 3.8) is 0 Å². The van der Waals surface area contributed by atoms with E-state index < -0.39 is 0 Å². The number of hydrogen-bond donors (Lipinski definition) is 0. The van der Waals surface area contributed by atoms with Crippen molar-refractivity contribution < 1.29 is 9.53 Å². The molecule has 25 heavy (non-hydrogen) atoms. The van der Waals surface area contributed by atoms with Gasteiger partial charge in [0.25, 0.3) is 0 Å². The molecule has 3 aromatic rings. The van der Waals surface area contributed by atoms with Gasteiger partial charge in [0.1, 0.15) is 5.75 Å². The lowest BCUT2D eigenvalue weighted by Crippen LogP contribution is -2.23. The van der Waals surface area contributed by atoms with E-state index in [4.69, 9.17) is 9.84 Å². The molecule has 0 fully saturated rings. The normalized spacial score (nSPS) is 16.9. The Morgan fingerprint density at radius 3 is 2.80 bits per heavy atom. The zero-order valence-corrected chi connectivity index (χ0v) is 14.6. The van der Waals surface area contributed by atoms with Gasteiger partial charge in [-0.05, 0) is 24.8 Å². The second kappa shape index (κ2) is 5.95. The molecule has 2 aromatic heterocycles. The van der Waals surface area contributed by atoms with Crippen LogP contribution in [-0.4, -0.2) is 32.7 Å². The minimum Gasteiger partial charge on any atom is -0.496 e. The Morgan fingerprint density at radius 1 is 1.24 bits per heavy atom. The summed E-state index contributed by atoms with van der Waals surface area (Å²) < 4.78 is 7.34. The van der Waals surface area contributed by atoms with Crippen LogP contribution in [0.5, 0.6) is 5.75 Å². The molecule has 0 amide bonds. The zero-order valence-electron chi connectivity index (χ0n) is 14.6. The summed E-state index contributed by atoms with van der Waals surface area (Å²) in [5, 5.41) is 13.4. The fraction of sp³-hybridized carbons (Fsp3) is 0.368. The van der Waals surface area contributed by atoms with Gasteiger partial charge < -0.3 is 4.74 Å². The van der Waals surface area contributed by atoms with Crippen LogP contribution in [0.4, 0.5) is 0 Å². The Kier molecular flexibility index (Phi) is 3.75. The Morgan fingerprint density at radius 2 is 2.04 bits per heavy atom. The molecule has 128 valence electrons. The quantitative estimate of drug-likeness (QED) is 0.735. The Bertz CT molecular complexity index is 977. The summed E-state index contributed by atoms with van der Waals surface area (Å²) in [7, 11) is 1.66. The molecule has 0 bridgehead atoms. The molecule has 0 N–H and O–H groups in total. The van der Waals surface area contributed by atoms with Gasteiger partial charge in [-0.2, -0.15) is 5.10 Å². The summed E-state index contributed by atoms with van der Waals surface area (Å²) in [6, 6.07) is 7.84. The molecule has 0 unspecified atom stereocenters. The monoisotopic (exact) mass is 336 g/mol. The Hall–Kier alpha value is -2.76. The van der Waals surface area contributed by atoms with Crippen LogP contribution in [0.15, 0.2) is 24.3 Å². The SMILES string of the molecule is CCc1nn2c3c(nnc2c1-c1ccccc1OC)C(=O)C[C@@H](C)C3. The molecule has 1 aliphatic rings. The highest BCUT2D eigenvalue weighted by molar-refractivity contribution is 5.96. The van der Waals surface area contributed by atoms with Crippen LogP contribution < -0.4 is 4.74 Å². The van der Waals surface area contributed by atoms with E-state index in [0.29, 0.717) is 17.8 Å². The predicted octanol–water partition coefficient (Wildman–Crippen LogP) is 3.13. The van der Waals surface area contributed by atoms with Crippen LogP contribution >= 0.6 is 0 Å². The molecule has 4 rings (SSSR count). The van der Waals surface area contributed by atoms with Gasteiger partial charge in [0, 0.05) is 12.0 Å². The number of ether oxygens (including phenoxy) is 1. The van der Waals surface area contributed by atoms with Gasteiger partial charge in [0.15, 0.2) is 17.1 Å². The van der Waals surface area contributed by atoms with Crippen LogP contribution in [-0.2, 0) is 12.8 Å². The van der Waals surface area contributed by atoms with Crippen molar-refractivity contribution >= 4 is 11.4 Å². The van der Waals surface area contributed by atoms with E-state index in [9.17, 15) is 4.79 Å². The number of ketones is 1. The van der Waals surface area contributed by atoms with Gasteiger partial charge in [0.05, 0.1) is 24.1 Å². The van der Waals surface area contributed by atoms with Crippen LogP contribution in [0.25, 0.3) is 16.8 Å². The predicted molar refractivity (Wildman–Crippen MR) is 94.0 cm³/mol. The second-order valence-corrected chi connectivity index (χ2v) is 6.54. The summed E-state index contributed by atoms with van der Waals surface area (Å²) in [4.78, 5) is 12.3. The number of carbonyl (C=O) groups is 1. The smallest absolute Gasteiger partial charge is 0.185 e. The number of hydrogen-bond acceptors (Lipinski definition) is 5. The number of aryl methyl sites for hydroxylation is 1. The molecule has 0 saturated heterocycles. The Labute approximate surface area is 145 Å².